The van der Waals surface area contributed by atoms with E-state index < -0.39 is 0 Å². The molecule has 0 aromatic carbocycles. The van der Waals surface area contributed by atoms with Crippen molar-refractivity contribution in [2.75, 3.05) is 0 Å². The fraction of sp³-hybridized carbons (Fsp3) is 0.750. The van der Waals surface area contributed by atoms with Crippen LogP contribution in [0.2, 0.25) is 0 Å². The van der Waals surface area contributed by atoms with Crippen LogP contribution in [0, 0.1) is 25.7 Å². The van der Waals surface area contributed by atoms with E-state index in [1.54, 1.807) is 0 Å². The number of hydrogen-bond donors (Lipinski definition) is 0. The van der Waals surface area contributed by atoms with E-state index in [0.717, 1.165) is 0 Å². The first-order valence-corrected chi connectivity index (χ1v) is 3.13. The van der Waals surface area contributed by atoms with Crippen molar-refractivity contribution in [3.05, 3.63) is 13.8 Å². The second-order valence-electron chi connectivity index (χ2n) is 2.79. The standard InChI is InChI=1S/2C4H9.W/c2*1-4(2)3;/h2*4H,1H2,2-3H3;/q2*-1;+2. The molecule has 9 heavy (non-hydrogen) atoms. The van der Waals surface area contributed by atoms with Gasteiger partial charge in [-0.25, -0.2) is 0 Å². The Labute approximate surface area is 74.7 Å². The minimum Gasteiger partial charge on any atom is -0.341 e. The molecule has 0 nitrogen and oxygen atoms in total. The minimum atomic E-state index is 0. The van der Waals surface area contributed by atoms with Gasteiger partial charge in [-0.15, -0.1) is 0 Å². The topological polar surface area (TPSA) is 0 Å². The Morgan fingerprint density at radius 3 is 0.778 bits per heavy atom. The fourth-order valence-electron chi connectivity index (χ4n) is 0. The summed E-state index contributed by atoms with van der Waals surface area (Å²) in [5, 5.41) is 0. The maximum Gasteiger partial charge on any atom is 2.00 e. The van der Waals surface area contributed by atoms with Gasteiger partial charge in [0.25, 0.3) is 0 Å². The van der Waals surface area contributed by atoms with Crippen molar-refractivity contribution >= 4 is 0 Å². The first-order valence-electron chi connectivity index (χ1n) is 3.13. The van der Waals surface area contributed by atoms with Gasteiger partial charge in [0, 0.05) is 0 Å². The van der Waals surface area contributed by atoms with Crippen molar-refractivity contribution in [2.45, 2.75) is 27.7 Å². The van der Waals surface area contributed by atoms with Gasteiger partial charge in [-0.3, -0.25) is 0 Å². The average molecular weight is 298 g/mol. The summed E-state index contributed by atoms with van der Waals surface area (Å²) in [6, 6.07) is 0. The molecule has 0 bridgehead atoms. The molecule has 0 heterocycles. The molecule has 0 aliphatic rings. The van der Waals surface area contributed by atoms with Crippen LogP contribution in [-0.2, 0) is 21.1 Å². The number of rotatable bonds is 0. The Balaban J connectivity index is -0.0000000720. The van der Waals surface area contributed by atoms with Crippen molar-refractivity contribution in [2.24, 2.45) is 11.8 Å². The van der Waals surface area contributed by atoms with Gasteiger partial charge in [-0.1, -0.05) is 27.7 Å². The first-order chi connectivity index (χ1) is 3.46. The normalized spacial score (nSPS) is 8.00. The molecule has 0 saturated heterocycles. The van der Waals surface area contributed by atoms with Crippen LogP contribution in [0.15, 0.2) is 0 Å². The summed E-state index contributed by atoms with van der Waals surface area (Å²) in [6.07, 6.45) is 0. The molecule has 0 rings (SSSR count). The third-order valence-electron chi connectivity index (χ3n) is 0. The summed E-state index contributed by atoms with van der Waals surface area (Å²) in [6.45, 7) is 15.5. The molecule has 0 N–H and O–H groups in total. The predicted molar refractivity (Wildman–Crippen MR) is 40.4 cm³/mol. The van der Waals surface area contributed by atoms with Gasteiger partial charge in [0.15, 0.2) is 0 Å². The van der Waals surface area contributed by atoms with E-state index in [9.17, 15) is 0 Å². The van der Waals surface area contributed by atoms with Crippen molar-refractivity contribution < 1.29 is 21.1 Å². The van der Waals surface area contributed by atoms with E-state index in [0.29, 0.717) is 11.8 Å². The molecule has 0 radical (unpaired) electrons. The second kappa shape index (κ2) is 11.5. The molecule has 1 heteroatoms. The smallest absolute Gasteiger partial charge is 0.341 e. The van der Waals surface area contributed by atoms with Crippen LogP contribution in [0.1, 0.15) is 27.7 Å². The van der Waals surface area contributed by atoms with Gasteiger partial charge in [-0.05, 0) is 0 Å². The Hall–Kier alpha value is 0.688. The molecule has 0 spiro atoms. The van der Waals surface area contributed by atoms with Crippen molar-refractivity contribution in [1.82, 2.24) is 0 Å². The van der Waals surface area contributed by atoms with Gasteiger partial charge in [-0.2, -0.15) is 11.8 Å². The summed E-state index contributed by atoms with van der Waals surface area (Å²) >= 11 is 0. The molecule has 0 aromatic rings. The quantitative estimate of drug-likeness (QED) is 0.603. The third-order valence-corrected chi connectivity index (χ3v) is 0. The summed E-state index contributed by atoms with van der Waals surface area (Å²) in [5.41, 5.74) is 0. The van der Waals surface area contributed by atoms with E-state index in [2.05, 4.69) is 41.5 Å². The van der Waals surface area contributed by atoms with Gasteiger partial charge in [0.05, 0.1) is 0 Å². The Morgan fingerprint density at radius 2 is 0.778 bits per heavy atom. The maximum absolute atomic E-state index is 3.64. The van der Waals surface area contributed by atoms with Crippen molar-refractivity contribution in [3.8, 4) is 0 Å². The molecule has 0 aliphatic carbocycles. The van der Waals surface area contributed by atoms with E-state index in [-0.39, 0.29) is 21.1 Å². The molecule has 0 unspecified atom stereocenters. The van der Waals surface area contributed by atoms with Crippen LogP contribution >= 0.6 is 0 Å². The van der Waals surface area contributed by atoms with Crippen LogP contribution in [0.3, 0.4) is 0 Å². The van der Waals surface area contributed by atoms with Crippen LogP contribution in [0.25, 0.3) is 0 Å². The van der Waals surface area contributed by atoms with Crippen LogP contribution in [0.4, 0.5) is 0 Å². The molecular weight excluding hydrogens is 280 g/mol. The Bertz CT molecular complexity index is 20.0. The summed E-state index contributed by atoms with van der Waals surface area (Å²) < 4.78 is 0. The average Bonchev–Trinajstić information content (AvgIpc) is 1.25. The molecule has 0 fully saturated rings. The van der Waals surface area contributed by atoms with Crippen LogP contribution in [0.5, 0.6) is 0 Å². The van der Waals surface area contributed by atoms with E-state index in [1.165, 1.54) is 0 Å². The van der Waals surface area contributed by atoms with Crippen molar-refractivity contribution in [3.63, 3.8) is 0 Å². The van der Waals surface area contributed by atoms with Crippen LogP contribution < -0.4 is 0 Å². The monoisotopic (exact) mass is 298 g/mol. The van der Waals surface area contributed by atoms with E-state index in [1.807, 2.05) is 0 Å². The summed E-state index contributed by atoms with van der Waals surface area (Å²) in [4.78, 5) is 0. The summed E-state index contributed by atoms with van der Waals surface area (Å²) in [7, 11) is 0. The van der Waals surface area contributed by atoms with Crippen molar-refractivity contribution in [1.29, 1.82) is 0 Å². The molecule has 0 atom stereocenters. The molecule has 56 valence electrons. The zero-order valence-corrected chi connectivity index (χ0v) is 9.91. The largest absolute Gasteiger partial charge is 2.00 e. The molecule has 0 aliphatic heterocycles. The molecule has 0 saturated carbocycles. The maximum atomic E-state index is 3.64. The zero-order chi connectivity index (χ0) is 7.15. The van der Waals surface area contributed by atoms with Gasteiger partial charge >= 0.3 is 21.1 Å². The molecule has 0 amide bonds. The van der Waals surface area contributed by atoms with E-state index >= 15 is 0 Å². The Kier molecular flexibility index (Phi) is 20.9. The summed E-state index contributed by atoms with van der Waals surface area (Å²) in [5.74, 6) is 1.17. The zero-order valence-electron chi connectivity index (χ0n) is 6.98. The predicted octanol–water partition coefficient (Wildman–Crippen LogP) is 2.95. The first kappa shape index (κ1) is 16.3. The molecular formula is C8H18W. The Morgan fingerprint density at radius 1 is 0.778 bits per heavy atom. The minimum absolute atomic E-state index is 0. The van der Waals surface area contributed by atoms with Gasteiger partial charge < -0.3 is 13.8 Å². The fourth-order valence-corrected chi connectivity index (χ4v) is 0. The van der Waals surface area contributed by atoms with Gasteiger partial charge in [0.2, 0.25) is 0 Å². The second-order valence-corrected chi connectivity index (χ2v) is 2.79. The number of hydrogen-bond acceptors (Lipinski definition) is 0. The van der Waals surface area contributed by atoms with Crippen LogP contribution in [-0.4, -0.2) is 0 Å². The SMILES string of the molecule is [CH2-]C(C)C.[CH2-]C(C)C.[W+2]. The van der Waals surface area contributed by atoms with E-state index in [4.69, 9.17) is 0 Å². The third kappa shape index (κ3) is 820. The van der Waals surface area contributed by atoms with Gasteiger partial charge in [0.1, 0.15) is 0 Å². The molecule has 0 aromatic heterocycles.